The molecule has 3 heteroatoms. The topological polar surface area (TPSA) is 12.7 Å². The normalized spacial score (nSPS) is 15.1. The fourth-order valence-electron chi connectivity index (χ4n) is 2.43. The number of pyridine rings is 1. The lowest BCUT2D eigenvalue weighted by Crippen LogP contribution is -2.37. The molecule has 0 saturated carbocycles. The van der Waals surface area contributed by atoms with E-state index in [-0.39, 0.29) is 0 Å². The molecule has 0 bridgehead atoms. The summed E-state index contributed by atoms with van der Waals surface area (Å²) in [7, 11) is 0. The van der Waals surface area contributed by atoms with Gasteiger partial charge in [-0.1, -0.05) is 0 Å². The molecule has 13 heavy (non-hydrogen) atoms. The highest BCUT2D eigenvalue weighted by Gasteiger charge is 2.43. The van der Waals surface area contributed by atoms with Crippen molar-refractivity contribution in [2.45, 2.75) is 13.1 Å². The van der Waals surface area contributed by atoms with E-state index >= 15 is 0 Å². The quantitative estimate of drug-likeness (QED) is 0.324. The van der Waals surface area contributed by atoms with Crippen LogP contribution in [-0.2, 0) is 13.1 Å². The molecule has 0 fully saturated rings. The van der Waals surface area contributed by atoms with Crippen molar-refractivity contribution in [2.24, 2.45) is 0 Å². The molecule has 0 atom stereocenters. The van der Waals surface area contributed by atoms with Crippen LogP contribution in [0.3, 0.4) is 0 Å². The van der Waals surface area contributed by atoms with Crippen molar-refractivity contribution in [3.63, 3.8) is 0 Å². The van der Waals surface area contributed by atoms with Crippen LogP contribution in [0.1, 0.15) is 11.3 Å². The third-order valence-corrected chi connectivity index (χ3v) is 2.96. The van der Waals surface area contributed by atoms with Gasteiger partial charge in [0.15, 0.2) is 6.54 Å². The Kier molecular flexibility index (Phi) is 0.757. The molecule has 0 aromatic carbocycles. The van der Waals surface area contributed by atoms with E-state index in [9.17, 15) is 0 Å². The van der Waals surface area contributed by atoms with Gasteiger partial charge in [-0.2, -0.15) is 0 Å². The molecule has 0 aliphatic carbocycles. The average molecular weight is 171 g/mol. The molecule has 2 aromatic heterocycles. The number of aromatic nitrogens is 3. The maximum atomic E-state index is 2.31. The van der Waals surface area contributed by atoms with E-state index < -0.39 is 0 Å². The Morgan fingerprint density at radius 2 is 2.15 bits per heavy atom. The Morgan fingerprint density at radius 3 is 3.15 bits per heavy atom. The average Bonchev–Trinajstić information content (AvgIpc) is 2.72. The van der Waals surface area contributed by atoms with E-state index in [4.69, 9.17) is 0 Å². The summed E-state index contributed by atoms with van der Waals surface area (Å²) >= 11 is 0. The van der Waals surface area contributed by atoms with Gasteiger partial charge >= 0.3 is 5.82 Å². The van der Waals surface area contributed by atoms with Crippen molar-refractivity contribution < 1.29 is 9.25 Å². The highest BCUT2D eigenvalue weighted by molar-refractivity contribution is 5.32. The number of hydrogen-bond donors (Lipinski definition) is 0. The largest absolute Gasteiger partial charge is 0.353 e. The monoisotopic (exact) mass is 171 g/mol. The molecule has 4 rings (SSSR count). The smallest absolute Gasteiger partial charge is 0.221 e. The van der Waals surface area contributed by atoms with Gasteiger partial charge < -0.3 is 0 Å². The summed E-state index contributed by atoms with van der Waals surface area (Å²) in [4.78, 5) is 0. The molecule has 0 N–H and O–H groups in total. The Morgan fingerprint density at radius 1 is 1.15 bits per heavy atom. The maximum Gasteiger partial charge on any atom is 0.353 e. The first-order valence-electron chi connectivity index (χ1n) is 4.55. The van der Waals surface area contributed by atoms with Gasteiger partial charge in [-0.15, -0.1) is 0 Å². The molecule has 0 saturated heterocycles. The van der Waals surface area contributed by atoms with Gasteiger partial charge in [0, 0.05) is 4.68 Å². The second-order valence-electron chi connectivity index (χ2n) is 3.70. The Labute approximate surface area is 75.5 Å². The zero-order chi connectivity index (χ0) is 8.41. The van der Waals surface area contributed by atoms with Crippen LogP contribution in [0.25, 0.3) is 5.82 Å². The summed E-state index contributed by atoms with van der Waals surface area (Å²) in [5.41, 5.74) is 2.83. The fraction of sp³-hybridized carbons (Fsp3) is 0.200. The van der Waals surface area contributed by atoms with E-state index in [0.29, 0.717) is 0 Å². The summed E-state index contributed by atoms with van der Waals surface area (Å²) in [5, 5.41) is 0. The van der Waals surface area contributed by atoms with Crippen molar-refractivity contribution in [1.29, 1.82) is 0 Å². The molecule has 2 aromatic rings. The van der Waals surface area contributed by atoms with Crippen LogP contribution in [0.2, 0.25) is 0 Å². The van der Waals surface area contributed by atoms with Gasteiger partial charge in [-0.05, 0) is 16.8 Å². The molecule has 0 unspecified atom stereocenters. The van der Waals surface area contributed by atoms with Crippen LogP contribution < -0.4 is 9.25 Å². The number of rotatable bonds is 0. The lowest BCUT2D eigenvalue weighted by Gasteiger charge is -1.90. The van der Waals surface area contributed by atoms with Gasteiger partial charge in [0.25, 0.3) is 0 Å². The van der Waals surface area contributed by atoms with E-state index in [2.05, 4.69) is 44.5 Å². The lowest BCUT2D eigenvalue weighted by molar-refractivity contribution is -0.756. The fourth-order valence-corrected chi connectivity index (χ4v) is 2.43. The van der Waals surface area contributed by atoms with Gasteiger partial charge in [-0.25, -0.2) is 4.57 Å². The van der Waals surface area contributed by atoms with E-state index in [0.717, 1.165) is 13.1 Å². The molecule has 0 amide bonds. The van der Waals surface area contributed by atoms with Crippen molar-refractivity contribution in [3.05, 3.63) is 41.9 Å². The first-order valence-corrected chi connectivity index (χ1v) is 4.55. The van der Waals surface area contributed by atoms with Crippen LogP contribution >= 0.6 is 0 Å². The Bertz CT molecular complexity index is 483. The van der Waals surface area contributed by atoms with E-state index in [1.165, 1.54) is 17.1 Å². The van der Waals surface area contributed by atoms with Crippen molar-refractivity contribution in [3.8, 4) is 5.82 Å². The van der Waals surface area contributed by atoms with Gasteiger partial charge in [0.1, 0.15) is 5.56 Å². The second kappa shape index (κ2) is 1.66. The van der Waals surface area contributed by atoms with Crippen LogP contribution in [0.5, 0.6) is 0 Å². The minimum Gasteiger partial charge on any atom is -0.221 e. The minimum atomic E-state index is 1.02. The molecule has 3 nitrogen and oxygen atoms in total. The molecular formula is C10H9N3+2. The molecule has 2 aliphatic rings. The zero-order valence-electron chi connectivity index (χ0n) is 7.14. The standard InChI is InChI=1S/C10H9N3/c1-2-8-6-12-5-3-9-7-11(4-1)10(8)13(9)12/h1-5H,6-7H2/q+2. The van der Waals surface area contributed by atoms with Crippen LogP contribution in [0.4, 0.5) is 0 Å². The summed E-state index contributed by atoms with van der Waals surface area (Å²) in [6, 6.07) is 6.55. The Hall–Kier alpha value is -1.64. The predicted molar refractivity (Wildman–Crippen MR) is 44.4 cm³/mol. The highest BCUT2D eigenvalue weighted by Crippen LogP contribution is 2.20. The van der Waals surface area contributed by atoms with Crippen molar-refractivity contribution in [2.75, 3.05) is 0 Å². The molecule has 0 spiro atoms. The maximum absolute atomic E-state index is 2.31. The summed E-state index contributed by atoms with van der Waals surface area (Å²) in [5.74, 6) is 1.36. The van der Waals surface area contributed by atoms with Gasteiger partial charge in [0.2, 0.25) is 18.4 Å². The lowest BCUT2D eigenvalue weighted by atomic mass is 10.3. The SMILES string of the molecule is c1cc2c3[n+](c1)Cc1cc[n+](n1-3)C2. The highest BCUT2D eigenvalue weighted by atomic mass is 15.5. The van der Waals surface area contributed by atoms with Crippen LogP contribution in [0.15, 0.2) is 30.6 Å². The van der Waals surface area contributed by atoms with E-state index in [1.54, 1.807) is 0 Å². The minimum absolute atomic E-state index is 1.02. The molecule has 2 aliphatic heterocycles. The first-order chi connectivity index (χ1) is 6.43. The van der Waals surface area contributed by atoms with Crippen LogP contribution in [-0.4, -0.2) is 4.68 Å². The summed E-state index contributed by atoms with van der Waals surface area (Å²) < 4.78 is 6.90. The van der Waals surface area contributed by atoms with Crippen molar-refractivity contribution >= 4 is 0 Å². The molecule has 0 radical (unpaired) electrons. The molecule has 62 valence electrons. The zero-order valence-corrected chi connectivity index (χ0v) is 7.14. The summed E-state index contributed by atoms with van der Waals surface area (Å²) in [6.45, 7) is 2.05. The van der Waals surface area contributed by atoms with Gasteiger partial charge in [-0.3, -0.25) is 0 Å². The summed E-state index contributed by atoms with van der Waals surface area (Å²) in [6.07, 6.45) is 4.32. The molecule has 4 heterocycles. The van der Waals surface area contributed by atoms with Crippen molar-refractivity contribution in [1.82, 2.24) is 4.68 Å². The van der Waals surface area contributed by atoms with Gasteiger partial charge in [0.05, 0.1) is 12.3 Å². The number of hydrogen-bond acceptors (Lipinski definition) is 0. The third-order valence-electron chi connectivity index (χ3n) is 2.96. The Balaban J connectivity index is 2.25. The first kappa shape index (κ1) is 5.91. The third kappa shape index (κ3) is 0.519. The predicted octanol–water partition coefficient (Wildman–Crippen LogP) is -0.224. The molecular weight excluding hydrogens is 162 g/mol. The second-order valence-corrected chi connectivity index (χ2v) is 3.70. The van der Waals surface area contributed by atoms with Crippen LogP contribution in [0, 0.1) is 0 Å². The number of nitrogens with zero attached hydrogens (tertiary/aromatic N) is 3. The van der Waals surface area contributed by atoms with E-state index in [1.807, 2.05) is 0 Å².